The van der Waals surface area contributed by atoms with Gasteiger partial charge in [-0.3, -0.25) is 9.59 Å². The molecule has 1 rings (SSSR count). The summed E-state index contributed by atoms with van der Waals surface area (Å²) in [7, 11) is 1.39. The standard InChI is InChI=1S/C18H32N2O5/c1-11(2)14(20-17(23)25-18(3,4)5)15(21)19-13-9-7-12(8-10-13)16(22)24-6/h11-14H,7-10H2,1-6H3,(H,19,21)(H,20,23)/t12?,13?,14-/m0/s1. The lowest BCUT2D eigenvalue weighted by atomic mass is 9.86. The number of amides is 2. The molecule has 1 aliphatic carbocycles. The van der Waals surface area contributed by atoms with Gasteiger partial charge in [-0.1, -0.05) is 13.8 Å². The zero-order chi connectivity index (χ0) is 19.2. The Morgan fingerprint density at radius 3 is 2.04 bits per heavy atom. The van der Waals surface area contributed by atoms with E-state index in [1.807, 2.05) is 13.8 Å². The van der Waals surface area contributed by atoms with Gasteiger partial charge < -0.3 is 20.1 Å². The number of rotatable bonds is 5. The van der Waals surface area contributed by atoms with Gasteiger partial charge in [0, 0.05) is 6.04 Å². The highest BCUT2D eigenvalue weighted by Crippen LogP contribution is 2.25. The van der Waals surface area contributed by atoms with Gasteiger partial charge in [-0.05, 0) is 52.4 Å². The van der Waals surface area contributed by atoms with Crippen molar-refractivity contribution < 1.29 is 23.9 Å². The van der Waals surface area contributed by atoms with Crippen LogP contribution in [0.25, 0.3) is 0 Å². The fourth-order valence-corrected chi connectivity index (χ4v) is 2.90. The van der Waals surface area contributed by atoms with Crippen LogP contribution in [0.3, 0.4) is 0 Å². The second-order valence-corrected chi connectivity index (χ2v) is 7.95. The normalized spacial score (nSPS) is 22.0. The molecule has 1 fully saturated rings. The highest BCUT2D eigenvalue weighted by atomic mass is 16.6. The van der Waals surface area contributed by atoms with Gasteiger partial charge in [-0.25, -0.2) is 4.79 Å². The van der Waals surface area contributed by atoms with Crippen LogP contribution < -0.4 is 10.6 Å². The monoisotopic (exact) mass is 356 g/mol. The third-order valence-corrected chi connectivity index (χ3v) is 4.23. The number of ether oxygens (including phenoxy) is 2. The molecule has 7 heteroatoms. The molecule has 25 heavy (non-hydrogen) atoms. The molecule has 2 N–H and O–H groups in total. The Hall–Kier alpha value is -1.79. The number of carbonyl (C=O) groups excluding carboxylic acids is 3. The molecule has 144 valence electrons. The van der Waals surface area contributed by atoms with Crippen LogP contribution in [-0.2, 0) is 19.1 Å². The van der Waals surface area contributed by atoms with Crippen LogP contribution in [0.2, 0.25) is 0 Å². The van der Waals surface area contributed by atoms with Crippen molar-refractivity contribution in [2.24, 2.45) is 11.8 Å². The molecule has 0 heterocycles. The molecule has 0 saturated heterocycles. The Morgan fingerprint density at radius 1 is 1.04 bits per heavy atom. The largest absolute Gasteiger partial charge is 0.469 e. The fourth-order valence-electron chi connectivity index (χ4n) is 2.90. The van der Waals surface area contributed by atoms with Crippen LogP contribution in [0.5, 0.6) is 0 Å². The van der Waals surface area contributed by atoms with Crippen molar-refractivity contribution in [3.63, 3.8) is 0 Å². The third-order valence-electron chi connectivity index (χ3n) is 4.23. The van der Waals surface area contributed by atoms with Gasteiger partial charge in [0.05, 0.1) is 13.0 Å². The molecule has 2 amide bonds. The fraction of sp³-hybridized carbons (Fsp3) is 0.833. The third kappa shape index (κ3) is 7.32. The maximum absolute atomic E-state index is 12.6. The number of hydrogen-bond donors (Lipinski definition) is 2. The van der Waals surface area contributed by atoms with Gasteiger partial charge >= 0.3 is 12.1 Å². The van der Waals surface area contributed by atoms with Crippen LogP contribution >= 0.6 is 0 Å². The van der Waals surface area contributed by atoms with Gasteiger partial charge in [-0.2, -0.15) is 0 Å². The molecule has 1 atom stereocenters. The second-order valence-electron chi connectivity index (χ2n) is 7.95. The van der Waals surface area contributed by atoms with E-state index in [-0.39, 0.29) is 29.8 Å². The summed E-state index contributed by atoms with van der Waals surface area (Å²) in [6.45, 7) is 9.07. The van der Waals surface area contributed by atoms with Crippen LogP contribution in [0.15, 0.2) is 0 Å². The molecule has 0 spiro atoms. The van der Waals surface area contributed by atoms with E-state index in [2.05, 4.69) is 10.6 Å². The maximum atomic E-state index is 12.6. The van der Waals surface area contributed by atoms with E-state index < -0.39 is 17.7 Å². The predicted molar refractivity (Wildman–Crippen MR) is 93.9 cm³/mol. The lowest BCUT2D eigenvalue weighted by Gasteiger charge is -2.30. The molecule has 0 aromatic rings. The van der Waals surface area contributed by atoms with Gasteiger partial charge in [0.2, 0.25) is 5.91 Å². The average Bonchev–Trinajstić information content (AvgIpc) is 2.50. The van der Waals surface area contributed by atoms with E-state index in [0.717, 1.165) is 12.8 Å². The summed E-state index contributed by atoms with van der Waals surface area (Å²) < 4.78 is 10.0. The molecule has 0 radical (unpaired) electrons. The summed E-state index contributed by atoms with van der Waals surface area (Å²) in [5.74, 6) is -0.559. The van der Waals surface area contributed by atoms with Crippen LogP contribution in [0, 0.1) is 11.8 Å². The molecular weight excluding hydrogens is 324 g/mol. The second kappa shape index (κ2) is 9.06. The number of carbonyl (C=O) groups is 3. The first kappa shape index (κ1) is 21.3. The SMILES string of the molecule is COC(=O)C1CCC(NC(=O)[C@@H](NC(=O)OC(C)(C)C)C(C)C)CC1. The molecule has 0 unspecified atom stereocenters. The van der Waals surface area contributed by atoms with Gasteiger partial charge in [-0.15, -0.1) is 0 Å². The van der Waals surface area contributed by atoms with Crippen molar-refractivity contribution >= 4 is 18.0 Å². The molecule has 0 bridgehead atoms. The van der Waals surface area contributed by atoms with Crippen LogP contribution in [0.1, 0.15) is 60.3 Å². The first-order chi connectivity index (χ1) is 11.5. The van der Waals surface area contributed by atoms with Crippen LogP contribution in [-0.4, -0.2) is 42.8 Å². The van der Waals surface area contributed by atoms with Crippen molar-refractivity contribution in [3.05, 3.63) is 0 Å². The Kier molecular flexibility index (Phi) is 7.70. The summed E-state index contributed by atoms with van der Waals surface area (Å²) in [5, 5.41) is 5.64. The van der Waals surface area contributed by atoms with E-state index in [1.54, 1.807) is 20.8 Å². The summed E-state index contributed by atoms with van der Waals surface area (Å²) in [6, 6.07) is -0.650. The minimum atomic E-state index is -0.659. The highest BCUT2D eigenvalue weighted by molar-refractivity contribution is 5.86. The summed E-state index contributed by atoms with van der Waals surface area (Å²) in [6.07, 6.45) is 2.24. The van der Waals surface area contributed by atoms with E-state index in [0.29, 0.717) is 12.8 Å². The van der Waals surface area contributed by atoms with Crippen molar-refractivity contribution in [2.45, 2.75) is 78.0 Å². The molecule has 0 aliphatic heterocycles. The zero-order valence-electron chi connectivity index (χ0n) is 16.2. The molecule has 0 aromatic heterocycles. The van der Waals surface area contributed by atoms with Crippen molar-refractivity contribution in [1.82, 2.24) is 10.6 Å². The summed E-state index contributed by atoms with van der Waals surface area (Å²) in [5.41, 5.74) is -0.617. The van der Waals surface area contributed by atoms with Crippen molar-refractivity contribution in [2.75, 3.05) is 7.11 Å². The molecular formula is C18H32N2O5. The maximum Gasteiger partial charge on any atom is 0.408 e. The molecule has 0 aromatic carbocycles. The Balaban J connectivity index is 2.55. The Labute approximate surface area is 150 Å². The number of hydrogen-bond acceptors (Lipinski definition) is 5. The predicted octanol–water partition coefficient (Wildman–Crippen LogP) is 2.38. The molecule has 1 aliphatic rings. The van der Waals surface area contributed by atoms with Gasteiger partial charge in [0.15, 0.2) is 0 Å². The number of nitrogens with one attached hydrogen (secondary N) is 2. The quantitative estimate of drug-likeness (QED) is 0.738. The lowest BCUT2D eigenvalue weighted by Crippen LogP contribution is -2.53. The lowest BCUT2D eigenvalue weighted by molar-refractivity contribution is -0.146. The first-order valence-electron chi connectivity index (χ1n) is 8.91. The average molecular weight is 356 g/mol. The minimum Gasteiger partial charge on any atom is -0.469 e. The Morgan fingerprint density at radius 2 is 1.60 bits per heavy atom. The molecule has 1 saturated carbocycles. The van der Waals surface area contributed by atoms with Gasteiger partial charge in [0.1, 0.15) is 11.6 Å². The smallest absolute Gasteiger partial charge is 0.408 e. The first-order valence-corrected chi connectivity index (χ1v) is 8.91. The van der Waals surface area contributed by atoms with E-state index >= 15 is 0 Å². The van der Waals surface area contributed by atoms with E-state index in [4.69, 9.17) is 9.47 Å². The van der Waals surface area contributed by atoms with Gasteiger partial charge in [0.25, 0.3) is 0 Å². The van der Waals surface area contributed by atoms with Crippen molar-refractivity contribution in [3.8, 4) is 0 Å². The van der Waals surface area contributed by atoms with E-state index in [9.17, 15) is 14.4 Å². The minimum absolute atomic E-state index is 0.00935. The highest BCUT2D eigenvalue weighted by Gasteiger charge is 2.31. The topological polar surface area (TPSA) is 93.7 Å². The molecule has 7 nitrogen and oxygen atoms in total. The van der Waals surface area contributed by atoms with Crippen LogP contribution in [0.4, 0.5) is 4.79 Å². The Bertz CT molecular complexity index is 476. The summed E-state index contributed by atoms with van der Waals surface area (Å²) in [4.78, 5) is 36.1. The number of alkyl carbamates (subject to hydrolysis) is 1. The van der Waals surface area contributed by atoms with Crippen molar-refractivity contribution in [1.29, 1.82) is 0 Å². The zero-order valence-corrected chi connectivity index (χ0v) is 16.2. The van der Waals surface area contributed by atoms with E-state index in [1.165, 1.54) is 7.11 Å². The summed E-state index contributed by atoms with van der Waals surface area (Å²) >= 11 is 0. The number of methoxy groups -OCH3 is 1. The number of esters is 1.